The highest BCUT2D eigenvalue weighted by Gasteiger charge is 2.35. The molecule has 1 unspecified atom stereocenters. The Morgan fingerprint density at radius 3 is 2.27 bits per heavy atom. The van der Waals surface area contributed by atoms with E-state index < -0.39 is 12.0 Å². The fourth-order valence-corrected chi connectivity index (χ4v) is 5.06. The minimum Gasteiger partial charge on any atom is -0.480 e. The van der Waals surface area contributed by atoms with Crippen molar-refractivity contribution in [3.8, 4) is 0 Å². The monoisotopic (exact) mass is 426 g/mol. The van der Waals surface area contributed by atoms with Crippen LogP contribution >= 0.6 is 11.8 Å². The standard InChI is InChI=1S/C25H34N2O2S/c1-17-16-27(18(2)15-26(17)19(3)24(28)29)22-9-7-8-10-23(22)30-21-13-11-20(12-14-21)25(4,5)6/h7-14,17-19H,15-16H2,1-6H3,(H,28,29)/t17-,18+,19?/m0/s1. The fraction of sp³-hybridized carbons (Fsp3) is 0.480. The summed E-state index contributed by atoms with van der Waals surface area (Å²) in [6.45, 7) is 14.4. The van der Waals surface area contributed by atoms with Crippen molar-refractivity contribution in [2.45, 2.75) is 74.9 Å². The molecule has 0 radical (unpaired) electrons. The first kappa shape index (κ1) is 22.7. The fourth-order valence-electron chi connectivity index (χ4n) is 4.10. The molecule has 0 amide bonds. The van der Waals surface area contributed by atoms with Crippen molar-refractivity contribution in [2.75, 3.05) is 18.0 Å². The molecule has 30 heavy (non-hydrogen) atoms. The Balaban J connectivity index is 1.81. The van der Waals surface area contributed by atoms with Gasteiger partial charge in [0.25, 0.3) is 0 Å². The Morgan fingerprint density at radius 1 is 1.03 bits per heavy atom. The number of aliphatic carboxylic acids is 1. The molecule has 1 saturated heterocycles. The Morgan fingerprint density at radius 2 is 1.67 bits per heavy atom. The molecule has 1 aliphatic heterocycles. The predicted octanol–water partition coefficient (Wildman–Crippen LogP) is 5.51. The molecule has 0 saturated carbocycles. The molecular formula is C25H34N2O2S. The highest BCUT2D eigenvalue weighted by Crippen LogP contribution is 2.38. The summed E-state index contributed by atoms with van der Waals surface area (Å²) in [5.41, 5.74) is 2.72. The van der Waals surface area contributed by atoms with Crippen molar-refractivity contribution in [2.24, 2.45) is 0 Å². The van der Waals surface area contributed by atoms with E-state index in [2.05, 4.69) is 92.9 Å². The van der Waals surface area contributed by atoms with E-state index >= 15 is 0 Å². The lowest BCUT2D eigenvalue weighted by Gasteiger charge is -2.47. The van der Waals surface area contributed by atoms with E-state index in [0.29, 0.717) is 0 Å². The van der Waals surface area contributed by atoms with E-state index in [9.17, 15) is 9.90 Å². The number of anilines is 1. The first-order valence-corrected chi connectivity index (χ1v) is 11.5. The quantitative estimate of drug-likeness (QED) is 0.683. The zero-order valence-electron chi connectivity index (χ0n) is 18.9. The van der Waals surface area contributed by atoms with Crippen molar-refractivity contribution in [1.29, 1.82) is 0 Å². The van der Waals surface area contributed by atoms with Crippen molar-refractivity contribution >= 4 is 23.4 Å². The summed E-state index contributed by atoms with van der Waals surface area (Å²) in [4.78, 5) is 18.5. The summed E-state index contributed by atoms with van der Waals surface area (Å²) in [6, 6.07) is 17.4. The van der Waals surface area contributed by atoms with Crippen molar-refractivity contribution in [1.82, 2.24) is 4.90 Å². The van der Waals surface area contributed by atoms with Gasteiger partial charge in [0.05, 0.1) is 5.69 Å². The normalized spacial score (nSPS) is 21.5. The maximum absolute atomic E-state index is 11.5. The van der Waals surface area contributed by atoms with Gasteiger partial charge < -0.3 is 10.0 Å². The lowest BCUT2D eigenvalue weighted by atomic mass is 9.87. The van der Waals surface area contributed by atoms with Crippen LogP contribution in [0.2, 0.25) is 0 Å². The van der Waals surface area contributed by atoms with Gasteiger partial charge in [-0.15, -0.1) is 0 Å². The molecule has 2 aromatic carbocycles. The van der Waals surface area contributed by atoms with Crippen LogP contribution in [0.5, 0.6) is 0 Å². The molecule has 1 N–H and O–H groups in total. The van der Waals surface area contributed by atoms with Crippen LogP contribution in [-0.4, -0.2) is 47.2 Å². The van der Waals surface area contributed by atoms with Crippen LogP contribution in [0.25, 0.3) is 0 Å². The first-order chi connectivity index (χ1) is 14.1. The van der Waals surface area contributed by atoms with Crippen LogP contribution in [-0.2, 0) is 10.2 Å². The van der Waals surface area contributed by atoms with Gasteiger partial charge in [-0.25, -0.2) is 0 Å². The third kappa shape index (κ3) is 5.01. The topological polar surface area (TPSA) is 43.8 Å². The molecule has 3 atom stereocenters. The largest absolute Gasteiger partial charge is 0.480 e. The molecule has 2 aromatic rings. The predicted molar refractivity (Wildman–Crippen MR) is 126 cm³/mol. The first-order valence-electron chi connectivity index (χ1n) is 10.7. The molecular weight excluding hydrogens is 392 g/mol. The van der Waals surface area contributed by atoms with Crippen LogP contribution in [0.3, 0.4) is 0 Å². The maximum atomic E-state index is 11.5. The van der Waals surface area contributed by atoms with Gasteiger partial charge in [-0.2, -0.15) is 0 Å². The molecule has 0 aromatic heterocycles. The van der Waals surface area contributed by atoms with Gasteiger partial charge in [0.1, 0.15) is 6.04 Å². The lowest BCUT2D eigenvalue weighted by molar-refractivity contribution is -0.143. The summed E-state index contributed by atoms with van der Waals surface area (Å²) in [5.74, 6) is -0.753. The number of piperazine rings is 1. The molecule has 0 spiro atoms. The average molecular weight is 427 g/mol. The molecule has 5 heteroatoms. The van der Waals surface area contributed by atoms with Gasteiger partial charge in [-0.05, 0) is 56.0 Å². The van der Waals surface area contributed by atoms with Crippen LogP contribution in [0.4, 0.5) is 5.69 Å². The zero-order chi connectivity index (χ0) is 22.1. The van der Waals surface area contributed by atoms with Crippen molar-refractivity contribution in [3.63, 3.8) is 0 Å². The van der Waals surface area contributed by atoms with Crippen LogP contribution in [0.15, 0.2) is 58.3 Å². The summed E-state index contributed by atoms with van der Waals surface area (Å²) < 4.78 is 0. The molecule has 162 valence electrons. The van der Waals surface area contributed by atoms with Crippen LogP contribution in [0.1, 0.15) is 47.1 Å². The number of para-hydroxylation sites is 1. The zero-order valence-corrected chi connectivity index (χ0v) is 19.7. The molecule has 1 fully saturated rings. The summed E-state index contributed by atoms with van der Waals surface area (Å²) in [6.07, 6.45) is 0. The van der Waals surface area contributed by atoms with Gasteiger partial charge in [-0.1, -0.05) is 56.8 Å². The Kier molecular flexibility index (Phi) is 6.83. The van der Waals surface area contributed by atoms with Crippen LogP contribution in [0, 0.1) is 0 Å². The average Bonchev–Trinajstić information content (AvgIpc) is 2.69. The number of rotatable bonds is 5. The van der Waals surface area contributed by atoms with Gasteiger partial charge >= 0.3 is 5.97 Å². The number of carboxylic acids is 1. The minimum absolute atomic E-state index is 0.152. The van der Waals surface area contributed by atoms with E-state index in [-0.39, 0.29) is 17.5 Å². The van der Waals surface area contributed by atoms with Crippen LogP contribution < -0.4 is 4.90 Å². The molecule has 1 aliphatic rings. The molecule has 1 heterocycles. The van der Waals surface area contributed by atoms with E-state index in [1.54, 1.807) is 18.7 Å². The van der Waals surface area contributed by atoms with Gasteiger partial charge in [0.15, 0.2) is 0 Å². The summed E-state index contributed by atoms with van der Waals surface area (Å²) in [7, 11) is 0. The second kappa shape index (κ2) is 9.03. The third-order valence-corrected chi connectivity index (χ3v) is 7.08. The highest BCUT2D eigenvalue weighted by atomic mass is 32.2. The second-order valence-corrected chi connectivity index (χ2v) is 10.5. The Bertz CT molecular complexity index is 875. The number of carboxylic acid groups (broad SMARTS) is 1. The van der Waals surface area contributed by atoms with E-state index in [0.717, 1.165) is 13.1 Å². The summed E-state index contributed by atoms with van der Waals surface area (Å²) in [5, 5.41) is 9.44. The van der Waals surface area contributed by atoms with Gasteiger partial charge in [0, 0.05) is 35.0 Å². The molecule has 3 rings (SSSR count). The minimum atomic E-state index is -0.753. The second-order valence-electron chi connectivity index (χ2n) is 9.41. The summed E-state index contributed by atoms with van der Waals surface area (Å²) >= 11 is 1.79. The third-order valence-electron chi connectivity index (χ3n) is 6.01. The number of hydrogen-bond donors (Lipinski definition) is 1. The van der Waals surface area contributed by atoms with E-state index in [1.807, 2.05) is 0 Å². The van der Waals surface area contributed by atoms with E-state index in [4.69, 9.17) is 0 Å². The van der Waals surface area contributed by atoms with E-state index in [1.165, 1.54) is 21.0 Å². The van der Waals surface area contributed by atoms with Crippen molar-refractivity contribution < 1.29 is 9.90 Å². The Labute approximate surface area is 185 Å². The maximum Gasteiger partial charge on any atom is 0.320 e. The molecule has 4 nitrogen and oxygen atoms in total. The SMILES string of the molecule is CC(C(=O)O)N1C[C@@H](C)N(c2ccccc2Sc2ccc(C(C)(C)C)cc2)C[C@@H]1C. The molecule has 0 bridgehead atoms. The molecule has 0 aliphatic carbocycles. The highest BCUT2D eigenvalue weighted by molar-refractivity contribution is 7.99. The number of hydrogen-bond acceptors (Lipinski definition) is 4. The smallest absolute Gasteiger partial charge is 0.320 e. The number of benzene rings is 2. The Hall–Kier alpha value is -1.98. The number of nitrogens with zero attached hydrogens (tertiary/aromatic N) is 2. The van der Waals surface area contributed by atoms with Gasteiger partial charge in [0.2, 0.25) is 0 Å². The van der Waals surface area contributed by atoms with Crippen molar-refractivity contribution in [3.05, 3.63) is 54.1 Å². The van der Waals surface area contributed by atoms with Gasteiger partial charge in [-0.3, -0.25) is 9.69 Å². The number of carbonyl (C=O) groups is 1. The lowest BCUT2D eigenvalue weighted by Crippen LogP contribution is -2.60.